The third kappa shape index (κ3) is 2.49. The first kappa shape index (κ1) is 12.6. The Labute approximate surface area is 116 Å². The molecular formula is C13H18N7+3. The van der Waals surface area contributed by atoms with Crippen molar-refractivity contribution in [2.45, 2.75) is 13.0 Å². The van der Waals surface area contributed by atoms with Crippen LogP contribution in [0.3, 0.4) is 0 Å². The summed E-state index contributed by atoms with van der Waals surface area (Å²) in [5.41, 5.74) is 9.13. The second-order valence-electron chi connectivity index (χ2n) is 4.64. The normalized spacial score (nSPS) is 13.8. The summed E-state index contributed by atoms with van der Waals surface area (Å²) >= 11 is 0. The molecule has 0 amide bonds. The molecule has 1 aliphatic heterocycles. The first-order valence-corrected chi connectivity index (χ1v) is 6.62. The van der Waals surface area contributed by atoms with E-state index in [9.17, 15) is 0 Å². The highest BCUT2D eigenvalue weighted by Crippen LogP contribution is 2.09. The van der Waals surface area contributed by atoms with E-state index in [-0.39, 0.29) is 0 Å². The van der Waals surface area contributed by atoms with E-state index in [1.807, 2.05) is 24.7 Å². The second-order valence-corrected chi connectivity index (χ2v) is 4.64. The number of benzene rings is 1. The Balaban J connectivity index is 1.89. The first-order valence-electron chi connectivity index (χ1n) is 6.62. The molecule has 7 nitrogen and oxygen atoms in total. The van der Waals surface area contributed by atoms with Crippen LogP contribution in [0, 0.1) is 0 Å². The van der Waals surface area contributed by atoms with Gasteiger partial charge in [-0.2, -0.15) is 0 Å². The number of aromatic nitrogens is 2. The number of aromatic amines is 1. The highest BCUT2D eigenvalue weighted by atomic mass is 15.6. The summed E-state index contributed by atoms with van der Waals surface area (Å²) in [7, 11) is 0. The topological polar surface area (TPSA) is 101 Å². The van der Waals surface area contributed by atoms with E-state index >= 15 is 0 Å². The van der Waals surface area contributed by atoms with E-state index in [4.69, 9.17) is 0 Å². The van der Waals surface area contributed by atoms with Gasteiger partial charge in [-0.05, 0) is 6.07 Å². The Bertz CT molecular complexity index is 656. The molecule has 0 atom stereocenters. The van der Waals surface area contributed by atoms with Crippen LogP contribution in [0.2, 0.25) is 0 Å². The van der Waals surface area contributed by atoms with E-state index in [1.165, 1.54) is 11.3 Å². The van der Waals surface area contributed by atoms with Crippen molar-refractivity contribution in [3.8, 4) is 0 Å². The van der Waals surface area contributed by atoms with E-state index in [1.54, 1.807) is 5.43 Å². The lowest BCUT2D eigenvalue weighted by molar-refractivity contribution is -0.695. The monoisotopic (exact) mass is 272 g/mol. The number of hydrogen-bond acceptors (Lipinski definition) is 3. The maximum absolute atomic E-state index is 4.05. The van der Waals surface area contributed by atoms with Crippen LogP contribution in [-0.2, 0) is 13.0 Å². The van der Waals surface area contributed by atoms with E-state index in [0.29, 0.717) is 0 Å². The van der Waals surface area contributed by atoms with Crippen molar-refractivity contribution in [1.29, 1.82) is 0 Å². The minimum Gasteiger partial charge on any atom is -0.357 e. The Hall–Kier alpha value is -2.38. The van der Waals surface area contributed by atoms with Crippen molar-refractivity contribution in [2.75, 3.05) is 6.54 Å². The van der Waals surface area contributed by atoms with Gasteiger partial charge in [0.25, 0.3) is 5.84 Å². The number of nitrogens with zero attached hydrogens (tertiary/aromatic N) is 4. The second kappa shape index (κ2) is 5.72. The number of rotatable bonds is 5. The molecule has 20 heavy (non-hydrogen) atoms. The Morgan fingerprint density at radius 1 is 1.30 bits per heavy atom. The third-order valence-corrected chi connectivity index (χ3v) is 3.30. The van der Waals surface area contributed by atoms with Crippen LogP contribution in [-0.4, -0.2) is 17.4 Å². The molecule has 0 fully saturated rings. The average Bonchev–Trinajstić information content (AvgIpc) is 3.12. The Kier molecular flexibility index (Phi) is 3.62. The van der Waals surface area contributed by atoms with Gasteiger partial charge >= 0.3 is 0 Å². The van der Waals surface area contributed by atoms with Crippen molar-refractivity contribution in [3.05, 3.63) is 53.6 Å². The lowest BCUT2D eigenvalue weighted by Crippen LogP contribution is -2.80. The van der Waals surface area contributed by atoms with E-state index < -0.39 is 0 Å². The summed E-state index contributed by atoms with van der Waals surface area (Å²) in [6.07, 6.45) is 4.97. The minimum absolute atomic E-state index is 0.794. The summed E-state index contributed by atoms with van der Waals surface area (Å²) < 4.78 is 2.20. The number of nitrogens with two attached hydrogens (primary N) is 1. The van der Waals surface area contributed by atoms with Gasteiger partial charge in [0.1, 0.15) is 18.4 Å². The minimum atomic E-state index is 0.794. The summed E-state index contributed by atoms with van der Waals surface area (Å²) in [6, 6.07) is 8.20. The van der Waals surface area contributed by atoms with Gasteiger partial charge in [0.05, 0.1) is 23.8 Å². The molecule has 0 radical (unpaired) electrons. The molecule has 102 valence electrons. The van der Waals surface area contributed by atoms with Gasteiger partial charge < -0.3 is 5.73 Å². The predicted molar refractivity (Wildman–Crippen MR) is 71.3 cm³/mol. The van der Waals surface area contributed by atoms with Crippen molar-refractivity contribution < 1.29 is 15.7 Å². The zero-order valence-electron chi connectivity index (χ0n) is 11.2. The van der Waals surface area contributed by atoms with Gasteiger partial charge in [0.2, 0.25) is 6.33 Å². The van der Waals surface area contributed by atoms with Crippen molar-refractivity contribution in [2.24, 2.45) is 15.5 Å². The molecule has 1 aliphatic rings. The van der Waals surface area contributed by atoms with Crippen LogP contribution >= 0.6 is 0 Å². The highest BCUT2D eigenvalue weighted by molar-refractivity contribution is 5.92. The summed E-state index contributed by atoms with van der Waals surface area (Å²) in [5.74, 6) is 0.815. The molecule has 2 aromatic rings. The van der Waals surface area contributed by atoms with Crippen molar-refractivity contribution >= 4 is 5.84 Å². The molecule has 0 saturated heterocycles. The molecule has 1 aromatic heterocycles. The van der Waals surface area contributed by atoms with Crippen molar-refractivity contribution in [3.63, 3.8) is 0 Å². The summed E-state index contributed by atoms with van der Waals surface area (Å²) in [6.45, 7) is 1.68. The fraction of sp³-hybridized carbons (Fsp3) is 0.231. The quantitative estimate of drug-likeness (QED) is 0.447. The summed E-state index contributed by atoms with van der Waals surface area (Å²) in [5, 5.41) is 11.5. The van der Waals surface area contributed by atoms with Crippen LogP contribution in [0.5, 0.6) is 0 Å². The van der Waals surface area contributed by atoms with Gasteiger partial charge in [-0.3, -0.25) is 0 Å². The third-order valence-electron chi connectivity index (χ3n) is 3.30. The molecule has 0 spiro atoms. The average molecular weight is 272 g/mol. The number of imidazole rings is 1. The van der Waals surface area contributed by atoms with E-state index in [0.717, 1.165) is 30.9 Å². The van der Waals surface area contributed by atoms with Gasteiger partial charge in [0, 0.05) is 10.8 Å². The number of quaternary nitrogens is 2. The Morgan fingerprint density at radius 2 is 2.20 bits per heavy atom. The molecule has 0 bridgehead atoms. The molecule has 0 aliphatic carbocycles. The maximum atomic E-state index is 4.05. The van der Waals surface area contributed by atoms with Gasteiger partial charge in [-0.25, -0.2) is 9.55 Å². The zero-order chi connectivity index (χ0) is 13.8. The lowest BCUT2D eigenvalue weighted by atomic mass is 10.1. The molecule has 2 heterocycles. The molecule has 1 aromatic carbocycles. The van der Waals surface area contributed by atoms with E-state index in [2.05, 4.69) is 43.0 Å². The fourth-order valence-electron chi connectivity index (χ4n) is 2.33. The lowest BCUT2D eigenvalue weighted by Gasteiger charge is -2.05. The highest BCUT2D eigenvalue weighted by Gasteiger charge is 2.19. The molecular weight excluding hydrogens is 254 g/mol. The molecule has 7 heteroatoms. The van der Waals surface area contributed by atoms with Crippen LogP contribution in [0.15, 0.2) is 52.3 Å². The summed E-state index contributed by atoms with van der Waals surface area (Å²) in [4.78, 5) is 3.15. The first-order chi connectivity index (χ1) is 9.88. The number of H-pyrrole nitrogens is 1. The van der Waals surface area contributed by atoms with Gasteiger partial charge in [0.15, 0.2) is 0 Å². The largest absolute Gasteiger partial charge is 0.357 e. The number of nitrogens with one attached hydrogen (secondary N) is 1. The SMILES string of the molecule is [NH3+]CCc1c[nH]c[n+]1Cc1ccccc1C1=NN=N[NH2+]1. The number of amidine groups is 1. The van der Waals surface area contributed by atoms with Gasteiger partial charge in [-0.1, -0.05) is 23.3 Å². The zero-order valence-corrected chi connectivity index (χ0v) is 11.2. The standard InChI is InChI=1S/C13H15N7/c14-6-5-11-7-15-9-20(11)8-10-3-1-2-4-12(10)13-16-18-19-17-13/h1-4,7,9H,5-6,8,14H2,(H,16,17,18,19)/p+3. The predicted octanol–water partition coefficient (Wildman–Crippen LogP) is -1.26. The number of hydrogen-bond donors (Lipinski definition) is 3. The fourth-order valence-corrected chi connectivity index (χ4v) is 2.33. The van der Waals surface area contributed by atoms with Crippen molar-refractivity contribution in [1.82, 2.24) is 4.98 Å². The van der Waals surface area contributed by atoms with Crippen LogP contribution in [0.1, 0.15) is 16.8 Å². The smallest absolute Gasteiger partial charge is 0.281 e. The molecule has 3 rings (SSSR count). The van der Waals surface area contributed by atoms with Gasteiger partial charge in [-0.15, -0.1) is 5.43 Å². The molecule has 0 saturated carbocycles. The molecule has 0 unspecified atom stereocenters. The maximum Gasteiger partial charge on any atom is 0.281 e. The van der Waals surface area contributed by atoms with Crippen LogP contribution in [0.25, 0.3) is 0 Å². The Morgan fingerprint density at radius 3 is 3.00 bits per heavy atom. The van der Waals surface area contributed by atoms with Crippen LogP contribution < -0.4 is 15.7 Å². The van der Waals surface area contributed by atoms with Crippen LogP contribution in [0.4, 0.5) is 0 Å². The molecule has 6 N–H and O–H groups in total.